The fraction of sp³-hybridized carbons (Fsp3) is 0.216. The normalized spacial score (nSPS) is 11.9. The van der Waals surface area contributed by atoms with Crippen molar-refractivity contribution in [3.63, 3.8) is 0 Å². The molecule has 50 heavy (non-hydrogen) atoms. The van der Waals surface area contributed by atoms with Crippen LogP contribution < -0.4 is 11.1 Å². The predicted molar refractivity (Wildman–Crippen MR) is 194 cm³/mol. The highest BCUT2D eigenvalue weighted by atomic mass is 35.5. The number of carbonyl (C=O) groups excluding carboxylic acids is 1. The van der Waals surface area contributed by atoms with E-state index in [1.165, 1.54) is 38.1 Å². The van der Waals surface area contributed by atoms with Crippen molar-refractivity contribution in [3.8, 4) is 23.0 Å². The first-order valence-electron chi connectivity index (χ1n) is 15.4. The zero-order valence-corrected chi connectivity index (χ0v) is 29.2. The first-order chi connectivity index (χ1) is 23.8. The maximum Gasteiger partial charge on any atom is 0.225 e. The van der Waals surface area contributed by atoms with Crippen molar-refractivity contribution in [1.29, 1.82) is 0 Å². The van der Waals surface area contributed by atoms with Gasteiger partial charge in [-0.15, -0.1) is 0 Å². The van der Waals surface area contributed by atoms with Gasteiger partial charge < -0.3 is 21.1 Å². The molecule has 1 unspecified atom stereocenters. The first-order valence-corrected chi connectivity index (χ1v) is 16.6. The molecule has 0 fully saturated rings. The van der Waals surface area contributed by atoms with Gasteiger partial charge in [0, 0.05) is 41.3 Å². The number of aromatic amines is 1. The SMILES string of the molecule is CS.Cn1nc(N)c2c(Cl)ccc(-c3ccc(C#CC(C)(C)O)nc3C(Cc3cc(F)cc(F)c3)NC(=O)Cc3c[nH]c4ccc(F)cc34)c21. The van der Waals surface area contributed by atoms with E-state index in [2.05, 4.69) is 39.9 Å². The average Bonchev–Trinajstić information content (AvgIpc) is 3.59. The van der Waals surface area contributed by atoms with Gasteiger partial charge in [0.1, 0.15) is 28.7 Å². The summed E-state index contributed by atoms with van der Waals surface area (Å²) in [6, 6.07) is 13.3. The van der Waals surface area contributed by atoms with Gasteiger partial charge >= 0.3 is 0 Å². The predicted octanol–water partition coefficient (Wildman–Crippen LogP) is 7.08. The number of hydrogen-bond acceptors (Lipinski definition) is 6. The molecule has 3 heterocycles. The molecule has 8 nitrogen and oxygen atoms in total. The molecule has 5 N–H and O–H groups in total. The van der Waals surface area contributed by atoms with Crippen LogP contribution in [0.3, 0.4) is 0 Å². The van der Waals surface area contributed by atoms with Crippen molar-refractivity contribution in [2.24, 2.45) is 7.05 Å². The van der Waals surface area contributed by atoms with Gasteiger partial charge in [0.15, 0.2) is 5.82 Å². The number of rotatable bonds is 7. The van der Waals surface area contributed by atoms with E-state index < -0.39 is 35.0 Å². The minimum absolute atomic E-state index is 0.0600. The molecule has 6 aromatic rings. The number of benzene rings is 3. The molecule has 0 saturated heterocycles. The Labute approximate surface area is 297 Å². The van der Waals surface area contributed by atoms with Gasteiger partial charge in [0.25, 0.3) is 0 Å². The fourth-order valence-electron chi connectivity index (χ4n) is 5.78. The summed E-state index contributed by atoms with van der Waals surface area (Å²) in [6.07, 6.45) is 3.14. The second-order valence-electron chi connectivity index (χ2n) is 12.0. The second kappa shape index (κ2) is 14.9. The summed E-state index contributed by atoms with van der Waals surface area (Å²) in [5.74, 6) is 3.38. The number of amides is 1. The highest BCUT2D eigenvalue weighted by Gasteiger charge is 2.25. The van der Waals surface area contributed by atoms with E-state index in [9.17, 15) is 23.1 Å². The van der Waals surface area contributed by atoms with Crippen LogP contribution in [0, 0.1) is 29.3 Å². The van der Waals surface area contributed by atoms with E-state index >= 15 is 0 Å². The zero-order valence-electron chi connectivity index (χ0n) is 27.6. The Morgan fingerprint density at radius 2 is 1.76 bits per heavy atom. The number of thiol groups is 1. The van der Waals surface area contributed by atoms with Crippen LogP contribution in [0.25, 0.3) is 32.9 Å². The fourth-order valence-corrected chi connectivity index (χ4v) is 6.03. The van der Waals surface area contributed by atoms with Crippen molar-refractivity contribution >= 4 is 57.8 Å². The lowest BCUT2D eigenvalue weighted by Crippen LogP contribution is -2.32. The summed E-state index contributed by atoms with van der Waals surface area (Å²) in [4.78, 5) is 21.6. The van der Waals surface area contributed by atoms with Gasteiger partial charge in [-0.05, 0) is 92.1 Å². The second-order valence-corrected chi connectivity index (χ2v) is 12.5. The lowest BCUT2D eigenvalue weighted by Gasteiger charge is -2.22. The lowest BCUT2D eigenvalue weighted by molar-refractivity contribution is -0.121. The molecule has 0 aliphatic rings. The lowest BCUT2D eigenvalue weighted by atomic mass is 9.93. The molecule has 3 aromatic carbocycles. The van der Waals surface area contributed by atoms with Gasteiger partial charge in [-0.2, -0.15) is 17.7 Å². The largest absolute Gasteiger partial charge is 0.382 e. The standard InChI is InChI=1S/C36H30ClF3N6O2.CH4S/c1-36(2,48)11-10-24-5-6-25(26-7-8-28(37)32-34(26)46(3)45-35(32)41)33(43-24)30(14-19-12-22(39)16-23(40)13-19)44-31(47)15-20-18-42-29-9-4-21(38)17-27(20)29;1-2/h4-9,12-13,16-18,30,42,48H,14-15H2,1-3H3,(H2,41,45)(H,44,47);2H,1H3. The van der Waals surface area contributed by atoms with Crippen LogP contribution in [-0.2, 0) is 24.7 Å². The van der Waals surface area contributed by atoms with Crippen molar-refractivity contribution in [1.82, 2.24) is 25.1 Å². The number of hydrogen-bond donors (Lipinski definition) is 5. The van der Waals surface area contributed by atoms with Gasteiger partial charge in [-0.25, -0.2) is 18.2 Å². The van der Waals surface area contributed by atoms with E-state index in [0.717, 1.165) is 6.07 Å². The molecular weight excluding hydrogens is 685 g/mol. The molecule has 0 radical (unpaired) electrons. The van der Waals surface area contributed by atoms with Crippen molar-refractivity contribution < 1.29 is 23.1 Å². The van der Waals surface area contributed by atoms with E-state index in [1.54, 1.807) is 54.5 Å². The molecule has 13 heteroatoms. The minimum Gasteiger partial charge on any atom is -0.382 e. The Morgan fingerprint density at radius 3 is 2.46 bits per heavy atom. The quantitative estimate of drug-likeness (QED) is 0.0893. The first kappa shape index (κ1) is 36.3. The number of fused-ring (bicyclic) bond motifs is 2. The number of nitrogens with zero attached hydrogens (tertiary/aromatic N) is 3. The monoisotopic (exact) mass is 718 g/mol. The Kier molecular flexibility index (Phi) is 10.8. The third-order valence-corrected chi connectivity index (χ3v) is 8.10. The zero-order chi connectivity index (χ0) is 36.3. The Hall–Kier alpha value is -4.96. The molecular formula is C37H34ClF3N6O2S. The molecule has 1 atom stereocenters. The van der Waals surface area contributed by atoms with Crippen LogP contribution in [0.1, 0.15) is 42.4 Å². The van der Waals surface area contributed by atoms with Crippen LogP contribution in [-0.4, -0.2) is 42.6 Å². The number of aliphatic hydroxyl groups is 1. The van der Waals surface area contributed by atoms with Gasteiger partial charge in [-0.1, -0.05) is 23.6 Å². The Morgan fingerprint density at radius 1 is 1.06 bits per heavy atom. The minimum atomic E-state index is -1.32. The van der Waals surface area contributed by atoms with E-state index in [4.69, 9.17) is 22.3 Å². The number of aryl methyl sites for hydroxylation is 1. The van der Waals surface area contributed by atoms with Gasteiger partial charge in [0.2, 0.25) is 5.91 Å². The molecule has 0 saturated carbocycles. The van der Waals surface area contributed by atoms with Crippen LogP contribution in [0.4, 0.5) is 19.0 Å². The molecule has 0 bridgehead atoms. The van der Waals surface area contributed by atoms with Gasteiger partial charge in [0.05, 0.1) is 34.1 Å². The molecule has 0 spiro atoms. The van der Waals surface area contributed by atoms with Crippen LogP contribution in [0.2, 0.25) is 5.02 Å². The number of nitrogens with one attached hydrogen (secondary N) is 2. The van der Waals surface area contributed by atoms with Crippen LogP contribution in [0.15, 0.2) is 66.9 Å². The molecule has 258 valence electrons. The van der Waals surface area contributed by atoms with Gasteiger partial charge in [-0.3, -0.25) is 9.48 Å². The van der Waals surface area contributed by atoms with Crippen LogP contribution >= 0.6 is 24.2 Å². The summed E-state index contributed by atoms with van der Waals surface area (Å²) in [5, 5.41) is 19.1. The summed E-state index contributed by atoms with van der Waals surface area (Å²) in [6.45, 7) is 3.06. The summed E-state index contributed by atoms with van der Waals surface area (Å²) >= 11 is 10.1. The van der Waals surface area contributed by atoms with Crippen LogP contribution in [0.5, 0.6) is 0 Å². The maximum atomic E-state index is 14.4. The van der Waals surface area contributed by atoms with Crippen molar-refractivity contribution in [2.45, 2.75) is 38.3 Å². The number of nitrogen functional groups attached to an aromatic ring is 1. The Bertz CT molecular complexity index is 2270. The van der Waals surface area contributed by atoms with E-state index in [1.807, 2.05) is 0 Å². The van der Waals surface area contributed by atoms with E-state index in [-0.39, 0.29) is 29.9 Å². The molecule has 1 amide bonds. The summed E-state index contributed by atoms with van der Waals surface area (Å²) in [7, 11) is 1.72. The summed E-state index contributed by atoms with van der Waals surface area (Å²) in [5.41, 5.74) is 8.75. The smallest absolute Gasteiger partial charge is 0.225 e. The molecule has 0 aliphatic heterocycles. The number of halogens is 4. The summed E-state index contributed by atoms with van der Waals surface area (Å²) < 4.78 is 44.5. The molecule has 3 aromatic heterocycles. The average molecular weight is 719 g/mol. The molecule has 0 aliphatic carbocycles. The number of aromatic nitrogens is 4. The maximum absolute atomic E-state index is 14.4. The van der Waals surface area contributed by atoms with E-state index in [0.29, 0.717) is 49.2 Å². The highest BCUT2D eigenvalue weighted by molar-refractivity contribution is 7.79. The highest BCUT2D eigenvalue weighted by Crippen LogP contribution is 2.39. The number of anilines is 1. The topological polar surface area (TPSA) is 122 Å². The number of carbonyl (C=O) groups is 1. The number of pyridine rings is 1. The number of H-pyrrole nitrogens is 1. The molecule has 6 rings (SSSR count). The Balaban J connectivity index is 0.00000239. The third kappa shape index (κ3) is 8.08. The van der Waals surface area contributed by atoms with Crippen molar-refractivity contribution in [2.75, 3.05) is 12.0 Å². The van der Waals surface area contributed by atoms with Crippen molar-refractivity contribution in [3.05, 3.63) is 112 Å². The number of nitrogens with two attached hydrogens (primary N) is 1. The third-order valence-electron chi connectivity index (χ3n) is 7.78.